The van der Waals surface area contributed by atoms with Gasteiger partial charge in [-0.05, 0) is 41.2 Å². The molecule has 2 atom stereocenters. The second-order valence-corrected chi connectivity index (χ2v) is 6.49. The molecule has 2 rings (SSSR count). The Bertz CT molecular complexity index is 373. The van der Waals surface area contributed by atoms with Gasteiger partial charge in [0.15, 0.2) is 0 Å². The van der Waals surface area contributed by atoms with Crippen LogP contribution in [0.4, 0.5) is 0 Å². The Morgan fingerprint density at radius 2 is 2.00 bits per heavy atom. The van der Waals surface area contributed by atoms with Crippen LogP contribution in [0.25, 0.3) is 0 Å². The van der Waals surface area contributed by atoms with Crippen LogP contribution in [0.3, 0.4) is 0 Å². The third-order valence-corrected chi connectivity index (χ3v) is 3.96. The third kappa shape index (κ3) is 1.88. The summed E-state index contributed by atoms with van der Waals surface area (Å²) in [6.45, 7) is 11.8. The molecule has 2 unspecified atom stereocenters. The maximum Gasteiger partial charge on any atom is 0.0441 e. The summed E-state index contributed by atoms with van der Waals surface area (Å²) in [6, 6.07) is 4.36. The molecule has 1 heteroatoms. The van der Waals surface area contributed by atoms with Crippen LogP contribution in [0.5, 0.6) is 0 Å². The second-order valence-electron chi connectivity index (χ2n) is 6.49. The number of hydrogen-bond acceptors (Lipinski definition) is 1. The van der Waals surface area contributed by atoms with Gasteiger partial charge in [0.2, 0.25) is 0 Å². The van der Waals surface area contributed by atoms with Crippen molar-refractivity contribution in [2.45, 2.75) is 47.0 Å². The van der Waals surface area contributed by atoms with Crippen molar-refractivity contribution in [3.05, 3.63) is 29.6 Å². The highest BCUT2D eigenvalue weighted by Crippen LogP contribution is 2.49. The van der Waals surface area contributed by atoms with Crippen LogP contribution in [0.15, 0.2) is 18.3 Å². The molecule has 0 aliphatic heterocycles. The van der Waals surface area contributed by atoms with Crippen LogP contribution in [0, 0.1) is 17.3 Å². The van der Waals surface area contributed by atoms with E-state index in [4.69, 9.17) is 0 Å². The predicted molar refractivity (Wildman–Crippen MR) is 68.5 cm³/mol. The number of nitrogens with zero attached hydrogens (tertiary/aromatic N) is 1. The predicted octanol–water partition coefficient (Wildman–Crippen LogP) is 4.04. The van der Waals surface area contributed by atoms with Gasteiger partial charge >= 0.3 is 0 Å². The standard InChI is InChI=1S/C15H23N/c1-10(2)14-11-7-6-8-16-13(11)9-12(14)15(3,4)5/h6-8,10,12,14H,9H2,1-5H3. The van der Waals surface area contributed by atoms with E-state index in [-0.39, 0.29) is 0 Å². The van der Waals surface area contributed by atoms with Gasteiger partial charge in [-0.1, -0.05) is 40.7 Å². The molecule has 0 aromatic carbocycles. The highest BCUT2D eigenvalue weighted by Gasteiger charge is 2.41. The Kier molecular flexibility index (Phi) is 2.81. The minimum atomic E-state index is 0.371. The van der Waals surface area contributed by atoms with Gasteiger partial charge in [0, 0.05) is 11.9 Å². The first-order valence-corrected chi connectivity index (χ1v) is 6.35. The molecule has 0 saturated heterocycles. The number of pyridine rings is 1. The zero-order chi connectivity index (χ0) is 11.9. The van der Waals surface area contributed by atoms with Crippen LogP contribution >= 0.6 is 0 Å². The molecule has 0 saturated carbocycles. The lowest BCUT2D eigenvalue weighted by Gasteiger charge is -2.34. The average molecular weight is 217 g/mol. The number of aromatic nitrogens is 1. The molecule has 88 valence electrons. The van der Waals surface area contributed by atoms with Crippen LogP contribution < -0.4 is 0 Å². The van der Waals surface area contributed by atoms with Gasteiger partial charge in [0.1, 0.15) is 0 Å². The Morgan fingerprint density at radius 1 is 1.31 bits per heavy atom. The molecule has 1 aromatic rings. The molecule has 1 aliphatic carbocycles. The van der Waals surface area contributed by atoms with E-state index >= 15 is 0 Å². The fraction of sp³-hybridized carbons (Fsp3) is 0.667. The number of hydrogen-bond donors (Lipinski definition) is 0. The summed E-state index contributed by atoms with van der Waals surface area (Å²) in [5, 5.41) is 0. The molecule has 1 nitrogen and oxygen atoms in total. The van der Waals surface area contributed by atoms with Crippen LogP contribution in [0.1, 0.15) is 51.8 Å². The minimum absolute atomic E-state index is 0.371. The van der Waals surface area contributed by atoms with Crippen molar-refractivity contribution in [1.29, 1.82) is 0 Å². The lowest BCUT2D eigenvalue weighted by atomic mass is 9.70. The molecule has 1 heterocycles. The Morgan fingerprint density at radius 3 is 2.56 bits per heavy atom. The van der Waals surface area contributed by atoms with Gasteiger partial charge in [-0.2, -0.15) is 0 Å². The van der Waals surface area contributed by atoms with Crippen molar-refractivity contribution in [1.82, 2.24) is 4.98 Å². The van der Waals surface area contributed by atoms with Crippen LogP contribution in [-0.4, -0.2) is 4.98 Å². The van der Waals surface area contributed by atoms with E-state index in [9.17, 15) is 0 Å². The molecule has 0 amide bonds. The first-order chi connectivity index (χ1) is 7.41. The van der Waals surface area contributed by atoms with Gasteiger partial charge in [-0.3, -0.25) is 4.98 Å². The first-order valence-electron chi connectivity index (χ1n) is 6.35. The van der Waals surface area contributed by atoms with Crippen LogP contribution in [0.2, 0.25) is 0 Å². The van der Waals surface area contributed by atoms with Crippen molar-refractivity contribution in [2.24, 2.45) is 17.3 Å². The smallest absolute Gasteiger partial charge is 0.0441 e. The Balaban J connectivity index is 2.42. The molecular weight excluding hydrogens is 194 g/mol. The lowest BCUT2D eigenvalue weighted by molar-refractivity contribution is 0.187. The topological polar surface area (TPSA) is 12.9 Å². The van der Waals surface area contributed by atoms with Crippen molar-refractivity contribution in [2.75, 3.05) is 0 Å². The molecule has 0 N–H and O–H groups in total. The summed E-state index contributed by atoms with van der Waals surface area (Å²) in [6.07, 6.45) is 3.09. The Labute approximate surface area is 99.3 Å². The summed E-state index contributed by atoms with van der Waals surface area (Å²) in [5.74, 6) is 2.12. The average Bonchev–Trinajstić information content (AvgIpc) is 2.55. The zero-order valence-corrected chi connectivity index (χ0v) is 11.1. The molecular formula is C15H23N. The van der Waals surface area contributed by atoms with Crippen molar-refractivity contribution < 1.29 is 0 Å². The van der Waals surface area contributed by atoms with Crippen molar-refractivity contribution in [3.8, 4) is 0 Å². The molecule has 16 heavy (non-hydrogen) atoms. The fourth-order valence-corrected chi connectivity index (χ4v) is 3.15. The van der Waals surface area contributed by atoms with Gasteiger partial charge < -0.3 is 0 Å². The van der Waals surface area contributed by atoms with E-state index < -0.39 is 0 Å². The molecule has 1 aliphatic rings. The summed E-state index contributed by atoms with van der Waals surface area (Å²) in [4.78, 5) is 4.56. The zero-order valence-electron chi connectivity index (χ0n) is 11.1. The molecule has 1 aromatic heterocycles. The van der Waals surface area contributed by atoms with Crippen molar-refractivity contribution in [3.63, 3.8) is 0 Å². The van der Waals surface area contributed by atoms with E-state index in [1.165, 1.54) is 11.3 Å². The van der Waals surface area contributed by atoms with E-state index in [1.54, 1.807) is 0 Å². The maximum atomic E-state index is 4.56. The first kappa shape index (κ1) is 11.6. The van der Waals surface area contributed by atoms with E-state index in [2.05, 4.69) is 51.7 Å². The number of fused-ring (bicyclic) bond motifs is 1. The number of rotatable bonds is 1. The SMILES string of the molecule is CC(C)C1c2cccnc2CC1C(C)(C)C. The summed E-state index contributed by atoms with van der Waals surface area (Å²) in [7, 11) is 0. The Hall–Kier alpha value is -0.850. The quantitative estimate of drug-likeness (QED) is 0.692. The third-order valence-electron chi connectivity index (χ3n) is 3.96. The highest BCUT2D eigenvalue weighted by molar-refractivity contribution is 5.32. The van der Waals surface area contributed by atoms with Gasteiger partial charge in [0.05, 0.1) is 0 Å². The molecule has 0 bridgehead atoms. The van der Waals surface area contributed by atoms with Gasteiger partial charge in [0.25, 0.3) is 0 Å². The maximum absolute atomic E-state index is 4.56. The summed E-state index contributed by atoms with van der Waals surface area (Å²) in [5.41, 5.74) is 3.20. The lowest BCUT2D eigenvalue weighted by Crippen LogP contribution is -2.27. The highest BCUT2D eigenvalue weighted by atomic mass is 14.7. The summed E-state index contributed by atoms with van der Waals surface area (Å²) < 4.78 is 0. The van der Waals surface area contributed by atoms with Gasteiger partial charge in [-0.15, -0.1) is 0 Å². The van der Waals surface area contributed by atoms with E-state index in [0.29, 0.717) is 17.3 Å². The molecule has 0 spiro atoms. The summed E-state index contributed by atoms with van der Waals surface area (Å²) >= 11 is 0. The molecule has 0 fully saturated rings. The van der Waals surface area contributed by atoms with Gasteiger partial charge in [-0.25, -0.2) is 0 Å². The van der Waals surface area contributed by atoms with E-state index in [1.807, 2.05) is 6.20 Å². The van der Waals surface area contributed by atoms with Crippen molar-refractivity contribution >= 4 is 0 Å². The fourth-order valence-electron chi connectivity index (χ4n) is 3.15. The van der Waals surface area contributed by atoms with E-state index in [0.717, 1.165) is 12.3 Å². The normalized spacial score (nSPS) is 24.9. The minimum Gasteiger partial charge on any atom is -0.261 e. The second kappa shape index (κ2) is 3.87. The molecule has 0 radical (unpaired) electrons. The largest absolute Gasteiger partial charge is 0.261 e. The monoisotopic (exact) mass is 217 g/mol. The van der Waals surface area contributed by atoms with Crippen LogP contribution in [-0.2, 0) is 6.42 Å².